The van der Waals surface area contributed by atoms with Crippen LogP contribution in [0.2, 0.25) is 0 Å². The number of nitrogens with one attached hydrogen (secondary N) is 3. The van der Waals surface area contributed by atoms with Gasteiger partial charge in [-0.3, -0.25) is 14.7 Å². The Kier molecular flexibility index (Phi) is 7.18. The first-order chi connectivity index (χ1) is 9.72. The van der Waals surface area contributed by atoms with Gasteiger partial charge in [0.2, 0.25) is 0 Å². The largest absolute Gasteiger partial charge is 0.466 e. The Bertz CT molecular complexity index is 490. The molecule has 0 aromatic carbocycles. The molecule has 2 rings (SSSR count). The summed E-state index contributed by atoms with van der Waals surface area (Å²) in [7, 11) is 0. The van der Waals surface area contributed by atoms with Crippen LogP contribution in [0.3, 0.4) is 0 Å². The van der Waals surface area contributed by atoms with Gasteiger partial charge in [0.15, 0.2) is 5.69 Å². The Hall–Kier alpha value is -1.60. The van der Waals surface area contributed by atoms with Crippen LogP contribution < -0.4 is 10.6 Å². The zero-order valence-electron chi connectivity index (χ0n) is 12.0. The highest BCUT2D eigenvalue weighted by molar-refractivity contribution is 5.94. The van der Waals surface area contributed by atoms with E-state index in [1.807, 2.05) is 0 Å². The molecule has 0 radical (unpaired) electrons. The van der Waals surface area contributed by atoms with E-state index in [-0.39, 0.29) is 24.3 Å². The van der Waals surface area contributed by atoms with Crippen LogP contribution in [0.25, 0.3) is 0 Å². The lowest BCUT2D eigenvalue weighted by Crippen LogP contribution is -2.29. The number of carbonyl (C=O) groups excluding carboxylic acids is 2. The van der Waals surface area contributed by atoms with Crippen molar-refractivity contribution in [3.8, 4) is 0 Å². The molecule has 0 bridgehead atoms. The monoisotopic (exact) mass is 316 g/mol. The van der Waals surface area contributed by atoms with Crippen LogP contribution in [0.15, 0.2) is 0 Å². The number of aromatic amines is 1. The molecule has 1 aliphatic rings. The summed E-state index contributed by atoms with van der Waals surface area (Å²) in [6, 6.07) is 0. The standard InChI is InChI=1S/C13H20N4O3.ClH/c1-2-20-11(18)4-3-6-15-13(19)12-9-8-14-7-5-10(9)16-17-12;/h14H,2-8H2,1H3,(H,15,19)(H,16,17);1H. The van der Waals surface area contributed by atoms with E-state index in [4.69, 9.17) is 4.74 Å². The molecule has 7 nitrogen and oxygen atoms in total. The van der Waals surface area contributed by atoms with Crippen LogP contribution in [-0.2, 0) is 22.5 Å². The maximum Gasteiger partial charge on any atom is 0.305 e. The normalized spacial score (nSPS) is 13.0. The van der Waals surface area contributed by atoms with E-state index < -0.39 is 0 Å². The smallest absolute Gasteiger partial charge is 0.305 e. The molecule has 0 saturated carbocycles. The predicted molar refractivity (Wildman–Crippen MR) is 79.4 cm³/mol. The van der Waals surface area contributed by atoms with Crippen molar-refractivity contribution >= 4 is 24.3 Å². The lowest BCUT2D eigenvalue weighted by Gasteiger charge is -2.12. The molecule has 0 fully saturated rings. The molecular weight excluding hydrogens is 296 g/mol. The molecule has 1 amide bonds. The minimum Gasteiger partial charge on any atom is -0.466 e. The summed E-state index contributed by atoms with van der Waals surface area (Å²) in [5, 5.41) is 13.0. The minimum atomic E-state index is -0.233. The average Bonchev–Trinajstić information content (AvgIpc) is 2.87. The van der Waals surface area contributed by atoms with Gasteiger partial charge in [0.05, 0.1) is 6.61 Å². The number of aromatic nitrogens is 2. The third-order valence-electron chi connectivity index (χ3n) is 3.17. The average molecular weight is 317 g/mol. The summed E-state index contributed by atoms with van der Waals surface area (Å²) in [5.41, 5.74) is 2.42. The van der Waals surface area contributed by atoms with Gasteiger partial charge in [-0.05, 0) is 13.3 Å². The number of halogens is 1. The third kappa shape index (κ3) is 4.71. The highest BCUT2D eigenvalue weighted by Gasteiger charge is 2.21. The van der Waals surface area contributed by atoms with E-state index in [0.29, 0.717) is 38.2 Å². The summed E-state index contributed by atoms with van der Waals surface area (Å²) in [6.07, 6.45) is 1.74. The summed E-state index contributed by atoms with van der Waals surface area (Å²) >= 11 is 0. The number of hydrogen-bond donors (Lipinski definition) is 3. The number of amides is 1. The van der Waals surface area contributed by atoms with Gasteiger partial charge < -0.3 is 15.4 Å². The van der Waals surface area contributed by atoms with Gasteiger partial charge in [0, 0.05) is 43.7 Å². The first kappa shape index (κ1) is 17.5. The Morgan fingerprint density at radius 2 is 2.24 bits per heavy atom. The van der Waals surface area contributed by atoms with E-state index in [0.717, 1.165) is 24.2 Å². The molecule has 0 saturated heterocycles. The van der Waals surface area contributed by atoms with Crippen molar-refractivity contribution < 1.29 is 14.3 Å². The zero-order valence-corrected chi connectivity index (χ0v) is 12.8. The molecule has 0 unspecified atom stereocenters. The number of hydrogen-bond acceptors (Lipinski definition) is 5. The van der Waals surface area contributed by atoms with Gasteiger partial charge in [-0.15, -0.1) is 12.4 Å². The fourth-order valence-corrected chi connectivity index (χ4v) is 2.16. The lowest BCUT2D eigenvalue weighted by atomic mass is 10.1. The quantitative estimate of drug-likeness (QED) is 0.526. The molecule has 3 N–H and O–H groups in total. The summed E-state index contributed by atoms with van der Waals surface area (Å²) in [6.45, 7) is 4.16. The molecular formula is C13H21ClN4O3. The molecule has 0 atom stereocenters. The first-order valence-corrected chi connectivity index (χ1v) is 6.93. The van der Waals surface area contributed by atoms with Gasteiger partial charge in [-0.1, -0.05) is 0 Å². The van der Waals surface area contributed by atoms with Crippen LogP contribution in [0, 0.1) is 0 Å². The number of carbonyl (C=O) groups is 2. The highest BCUT2D eigenvalue weighted by atomic mass is 35.5. The maximum atomic E-state index is 12.0. The van der Waals surface area contributed by atoms with Crippen LogP contribution in [0.5, 0.6) is 0 Å². The molecule has 1 aromatic heterocycles. The van der Waals surface area contributed by atoms with Gasteiger partial charge in [0.25, 0.3) is 5.91 Å². The van der Waals surface area contributed by atoms with Crippen molar-refractivity contribution in [2.75, 3.05) is 19.7 Å². The fraction of sp³-hybridized carbons (Fsp3) is 0.615. The Labute approximate surface area is 129 Å². The van der Waals surface area contributed by atoms with Crippen molar-refractivity contribution in [2.45, 2.75) is 32.7 Å². The first-order valence-electron chi connectivity index (χ1n) is 6.93. The van der Waals surface area contributed by atoms with Crippen molar-refractivity contribution in [3.63, 3.8) is 0 Å². The fourth-order valence-electron chi connectivity index (χ4n) is 2.16. The van der Waals surface area contributed by atoms with Gasteiger partial charge in [-0.25, -0.2) is 0 Å². The van der Waals surface area contributed by atoms with Crippen molar-refractivity contribution in [2.24, 2.45) is 0 Å². The second-order valence-electron chi connectivity index (χ2n) is 4.62. The molecule has 118 valence electrons. The predicted octanol–water partition coefficient (Wildman–Crippen LogP) is 0.550. The number of rotatable bonds is 6. The Balaban J connectivity index is 0.00000220. The van der Waals surface area contributed by atoms with E-state index >= 15 is 0 Å². The number of H-pyrrole nitrogens is 1. The second-order valence-corrected chi connectivity index (χ2v) is 4.62. The molecule has 2 heterocycles. The number of nitrogens with zero attached hydrogens (tertiary/aromatic N) is 1. The van der Waals surface area contributed by atoms with E-state index in [2.05, 4.69) is 20.8 Å². The lowest BCUT2D eigenvalue weighted by molar-refractivity contribution is -0.143. The molecule has 21 heavy (non-hydrogen) atoms. The van der Waals surface area contributed by atoms with Crippen LogP contribution in [0.1, 0.15) is 41.5 Å². The second kappa shape index (κ2) is 8.63. The molecule has 1 aromatic rings. The van der Waals surface area contributed by atoms with Gasteiger partial charge >= 0.3 is 5.97 Å². The van der Waals surface area contributed by atoms with Crippen LogP contribution >= 0.6 is 12.4 Å². The zero-order chi connectivity index (χ0) is 14.4. The topological polar surface area (TPSA) is 96.1 Å². The van der Waals surface area contributed by atoms with Crippen molar-refractivity contribution in [3.05, 3.63) is 17.0 Å². The Morgan fingerprint density at radius 1 is 1.43 bits per heavy atom. The van der Waals surface area contributed by atoms with E-state index in [1.165, 1.54) is 0 Å². The van der Waals surface area contributed by atoms with Gasteiger partial charge in [0.1, 0.15) is 0 Å². The van der Waals surface area contributed by atoms with E-state index in [9.17, 15) is 9.59 Å². The van der Waals surface area contributed by atoms with Crippen LogP contribution in [0.4, 0.5) is 0 Å². The number of fused-ring (bicyclic) bond motifs is 1. The van der Waals surface area contributed by atoms with Gasteiger partial charge in [-0.2, -0.15) is 5.10 Å². The van der Waals surface area contributed by atoms with Crippen molar-refractivity contribution in [1.82, 2.24) is 20.8 Å². The SMILES string of the molecule is CCOC(=O)CCCNC(=O)c1n[nH]c2c1CNCC2.Cl. The molecule has 1 aliphatic heterocycles. The van der Waals surface area contributed by atoms with Crippen molar-refractivity contribution in [1.29, 1.82) is 0 Å². The molecule has 8 heteroatoms. The maximum absolute atomic E-state index is 12.0. The van der Waals surface area contributed by atoms with Crippen LogP contribution in [-0.4, -0.2) is 41.8 Å². The summed E-state index contributed by atoms with van der Waals surface area (Å²) in [5.74, 6) is -0.432. The number of ether oxygens (including phenoxy) is 1. The number of esters is 1. The molecule has 0 spiro atoms. The Morgan fingerprint density at radius 3 is 3.00 bits per heavy atom. The molecule has 0 aliphatic carbocycles. The third-order valence-corrected chi connectivity index (χ3v) is 3.17. The summed E-state index contributed by atoms with van der Waals surface area (Å²) < 4.78 is 4.82. The minimum absolute atomic E-state index is 0. The highest BCUT2D eigenvalue weighted by Crippen LogP contribution is 2.14. The van der Waals surface area contributed by atoms with E-state index in [1.54, 1.807) is 6.92 Å². The summed E-state index contributed by atoms with van der Waals surface area (Å²) in [4.78, 5) is 23.2.